The van der Waals surface area contributed by atoms with Crippen molar-refractivity contribution in [2.24, 2.45) is 0 Å². The molecule has 0 saturated carbocycles. The van der Waals surface area contributed by atoms with E-state index >= 15 is 0 Å². The van der Waals surface area contributed by atoms with Crippen molar-refractivity contribution in [1.29, 1.82) is 0 Å². The summed E-state index contributed by atoms with van der Waals surface area (Å²) < 4.78 is 22.6. The Morgan fingerprint density at radius 2 is 2.06 bits per heavy atom. The molecule has 92 valence electrons. The average molecular weight is 322 g/mol. The van der Waals surface area contributed by atoms with Gasteiger partial charge < -0.3 is 0 Å². The van der Waals surface area contributed by atoms with Crippen molar-refractivity contribution in [1.82, 2.24) is 0 Å². The van der Waals surface area contributed by atoms with Crippen LogP contribution in [0.3, 0.4) is 0 Å². The molecule has 0 atom stereocenters. The van der Waals surface area contributed by atoms with Gasteiger partial charge in [0.05, 0.1) is 10.3 Å². The second-order valence-corrected chi connectivity index (χ2v) is 5.81. The highest BCUT2D eigenvalue weighted by molar-refractivity contribution is 9.09. The molecule has 0 radical (unpaired) electrons. The minimum atomic E-state index is -3.69. The molecule has 0 aliphatic heterocycles. The summed E-state index contributed by atoms with van der Waals surface area (Å²) >= 11 is 2.93. The molecule has 1 rings (SSSR count). The molecule has 0 fully saturated rings. The van der Waals surface area contributed by atoms with Crippen LogP contribution in [0.25, 0.3) is 0 Å². The van der Waals surface area contributed by atoms with E-state index in [0.29, 0.717) is 0 Å². The zero-order valence-electron chi connectivity index (χ0n) is 8.71. The van der Waals surface area contributed by atoms with Crippen LogP contribution >= 0.6 is 15.9 Å². The van der Waals surface area contributed by atoms with Crippen LogP contribution in [0.4, 0.5) is 5.69 Å². The molecule has 0 bridgehead atoms. The van der Waals surface area contributed by atoms with Gasteiger partial charge in [0, 0.05) is 17.9 Å². The zero-order chi connectivity index (χ0) is 13.2. The van der Waals surface area contributed by atoms with Gasteiger partial charge in [-0.25, -0.2) is 8.42 Å². The molecule has 0 spiro atoms. The molecule has 0 heterocycles. The van der Waals surface area contributed by atoms with Gasteiger partial charge in [-0.05, 0) is 12.1 Å². The van der Waals surface area contributed by atoms with Crippen molar-refractivity contribution in [3.05, 3.63) is 33.9 Å². The van der Waals surface area contributed by atoms with Gasteiger partial charge in [-0.2, -0.15) is 0 Å². The first-order chi connectivity index (χ1) is 7.77. The second kappa shape index (κ2) is 4.92. The van der Waals surface area contributed by atoms with E-state index in [0.717, 1.165) is 18.4 Å². The number of benzene rings is 1. The number of sulfone groups is 1. The summed E-state index contributed by atoms with van der Waals surface area (Å²) in [5.41, 5.74) is -0.486. The zero-order valence-corrected chi connectivity index (χ0v) is 11.1. The number of Topliss-reactive ketones (excluding diaryl/α,β-unsaturated/α-hetero) is 1. The third-order valence-corrected chi connectivity index (χ3v) is 3.65. The van der Waals surface area contributed by atoms with E-state index in [-0.39, 0.29) is 16.7 Å². The topological polar surface area (TPSA) is 94.3 Å². The maximum atomic E-state index is 11.3. The van der Waals surface area contributed by atoms with Crippen LogP contribution in [0.5, 0.6) is 0 Å². The molecule has 0 unspecified atom stereocenters. The Hall–Kier alpha value is -1.28. The predicted octanol–water partition coefficient (Wildman–Crippen LogP) is 1.58. The number of carbonyl (C=O) groups excluding carboxylic acids is 1. The normalized spacial score (nSPS) is 11.2. The molecule has 8 heteroatoms. The number of ketones is 1. The maximum Gasteiger partial charge on any atom is 0.288 e. The van der Waals surface area contributed by atoms with Gasteiger partial charge in [-0.1, -0.05) is 15.9 Å². The van der Waals surface area contributed by atoms with E-state index in [9.17, 15) is 23.3 Å². The Balaban J connectivity index is 3.48. The molecule has 0 aromatic heterocycles. The molecule has 6 nitrogen and oxygen atoms in total. The fourth-order valence-corrected chi connectivity index (χ4v) is 2.38. The Bertz CT molecular complexity index is 581. The largest absolute Gasteiger partial charge is 0.293 e. The molecule has 0 saturated heterocycles. The quantitative estimate of drug-likeness (QED) is 0.363. The lowest BCUT2D eigenvalue weighted by Crippen LogP contribution is -2.06. The highest BCUT2D eigenvalue weighted by Crippen LogP contribution is 2.25. The SMILES string of the molecule is CS(=O)(=O)c1ccc(C(=O)CBr)cc1[N+](=O)[O-]. The average Bonchev–Trinajstić information content (AvgIpc) is 2.25. The Morgan fingerprint density at radius 3 is 2.47 bits per heavy atom. The Morgan fingerprint density at radius 1 is 1.47 bits per heavy atom. The summed E-state index contributed by atoms with van der Waals surface area (Å²) in [6.07, 6.45) is 0.876. The van der Waals surface area contributed by atoms with Gasteiger partial charge in [0.25, 0.3) is 5.69 Å². The number of nitro benzene ring substituents is 1. The van der Waals surface area contributed by atoms with Crippen LogP contribution in [0.2, 0.25) is 0 Å². The van der Waals surface area contributed by atoms with Gasteiger partial charge >= 0.3 is 0 Å². The Kier molecular flexibility index (Phi) is 3.99. The van der Waals surface area contributed by atoms with E-state index in [4.69, 9.17) is 0 Å². The predicted molar refractivity (Wildman–Crippen MR) is 64.3 cm³/mol. The summed E-state index contributed by atoms with van der Waals surface area (Å²) in [6, 6.07) is 3.30. The van der Waals surface area contributed by atoms with E-state index in [1.165, 1.54) is 6.07 Å². The molecule has 0 N–H and O–H groups in total. The van der Waals surface area contributed by atoms with Crippen LogP contribution in [0, 0.1) is 10.1 Å². The molecular weight excluding hydrogens is 314 g/mol. The van der Waals surface area contributed by atoms with E-state index < -0.39 is 25.3 Å². The van der Waals surface area contributed by atoms with Gasteiger partial charge in [-0.3, -0.25) is 14.9 Å². The van der Waals surface area contributed by atoms with Crippen LogP contribution < -0.4 is 0 Å². The number of hydrogen-bond donors (Lipinski definition) is 0. The van der Waals surface area contributed by atoms with Gasteiger partial charge in [-0.15, -0.1) is 0 Å². The van der Waals surface area contributed by atoms with E-state index in [1.54, 1.807) is 0 Å². The number of nitro groups is 1. The molecule has 1 aromatic carbocycles. The summed E-state index contributed by atoms with van der Waals surface area (Å²) in [6.45, 7) is 0. The molecule has 0 amide bonds. The molecule has 17 heavy (non-hydrogen) atoms. The lowest BCUT2D eigenvalue weighted by Gasteiger charge is -2.02. The van der Waals surface area contributed by atoms with E-state index in [1.807, 2.05) is 0 Å². The Labute approximate surface area is 106 Å². The summed E-state index contributed by atoms with van der Waals surface area (Å²) in [4.78, 5) is 20.9. The highest BCUT2D eigenvalue weighted by atomic mass is 79.9. The van der Waals surface area contributed by atoms with Crippen molar-refractivity contribution in [3.8, 4) is 0 Å². The smallest absolute Gasteiger partial charge is 0.288 e. The number of halogens is 1. The van der Waals surface area contributed by atoms with Crippen molar-refractivity contribution in [3.63, 3.8) is 0 Å². The highest BCUT2D eigenvalue weighted by Gasteiger charge is 2.23. The fraction of sp³-hybridized carbons (Fsp3) is 0.222. The first-order valence-electron chi connectivity index (χ1n) is 4.35. The third-order valence-electron chi connectivity index (χ3n) is 2.00. The van der Waals surface area contributed by atoms with Crippen LogP contribution in [-0.2, 0) is 9.84 Å². The number of rotatable bonds is 4. The van der Waals surface area contributed by atoms with Crippen LogP contribution in [0.1, 0.15) is 10.4 Å². The minimum Gasteiger partial charge on any atom is -0.293 e. The monoisotopic (exact) mass is 321 g/mol. The second-order valence-electron chi connectivity index (χ2n) is 3.27. The lowest BCUT2D eigenvalue weighted by molar-refractivity contribution is -0.387. The number of carbonyl (C=O) groups is 1. The van der Waals surface area contributed by atoms with E-state index in [2.05, 4.69) is 15.9 Å². The molecule has 0 aliphatic carbocycles. The van der Waals surface area contributed by atoms with Crippen molar-refractivity contribution in [2.45, 2.75) is 4.90 Å². The molecule has 0 aliphatic rings. The summed E-state index contributed by atoms with van der Waals surface area (Å²) in [5.74, 6) is -0.354. The fourth-order valence-electron chi connectivity index (χ4n) is 1.22. The lowest BCUT2D eigenvalue weighted by atomic mass is 10.1. The molecule has 1 aromatic rings. The first kappa shape index (κ1) is 13.8. The first-order valence-corrected chi connectivity index (χ1v) is 7.36. The van der Waals surface area contributed by atoms with Crippen molar-refractivity contribution in [2.75, 3.05) is 11.6 Å². The standard InChI is InChI=1S/C9H8BrNO5S/c1-17(15,16)9-3-2-6(8(12)5-10)4-7(9)11(13)14/h2-4H,5H2,1H3. The van der Waals surface area contributed by atoms with Gasteiger partial charge in [0.2, 0.25) is 0 Å². The number of hydrogen-bond acceptors (Lipinski definition) is 5. The number of nitrogens with zero attached hydrogens (tertiary/aromatic N) is 1. The number of alkyl halides is 1. The summed E-state index contributed by atoms with van der Waals surface area (Å²) in [5, 5.41) is 10.8. The van der Waals surface area contributed by atoms with Crippen molar-refractivity contribution < 1.29 is 18.1 Å². The van der Waals surface area contributed by atoms with Crippen LogP contribution in [-0.4, -0.2) is 30.7 Å². The molecular formula is C9H8BrNO5S. The van der Waals surface area contributed by atoms with Crippen molar-refractivity contribution >= 4 is 37.2 Å². The minimum absolute atomic E-state index is 0.0162. The third kappa shape index (κ3) is 3.10. The maximum absolute atomic E-state index is 11.3. The van der Waals surface area contributed by atoms with Crippen LogP contribution in [0.15, 0.2) is 23.1 Å². The van der Waals surface area contributed by atoms with Gasteiger partial charge in [0.15, 0.2) is 15.6 Å². The summed E-state index contributed by atoms with van der Waals surface area (Å²) in [7, 11) is -3.69. The van der Waals surface area contributed by atoms with Gasteiger partial charge in [0.1, 0.15) is 4.90 Å².